The smallest absolute Gasteiger partial charge is 0.163 e. The van der Waals surface area contributed by atoms with Gasteiger partial charge in [0.15, 0.2) is 5.82 Å². The Bertz CT molecular complexity index is 519. The second-order valence-electron chi connectivity index (χ2n) is 4.07. The highest BCUT2D eigenvalue weighted by Crippen LogP contribution is 2.31. The van der Waals surface area contributed by atoms with E-state index in [9.17, 15) is 0 Å². The summed E-state index contributed by atoms with van der Waals surface area (Å²) in [4.78, 5) is 10.2. The Morgan fingerprint density at radius 3 is 2.82 bits per heavy atom. The minimum absolute atomic E-state index is 0.427. The second kappa shape index (κ2) is 4.58. The van der Waals surface area contributed by atoms with Gasteiger partial charge in [0.1, 0.15) is 16.2 Å². The highest BCUT2D eigenvalue weighted by atomic mass is 32.1. The minimum atomic E-state index is -0.427. The number of ether oxygens (including phenoxy) is 1. The van der Waals surface area contributed by atoms with Crippen molar-refractivity contribution in [2.75, 3.05) is 19.5 Å². The summed E-state index contributed by atoms with van der Waals surface area (Å²) in [5.74, 6) is 1.60. The fourth-order valence-electron chi connectivity index (χ4n) is 1.68. The molecule has 0 aromatic carbocycles. The molecule has 0 saturated heterocycles. The molecule has 0 aliphatic carbocycles. The first-order valence-corrected chi connectivity index (χ1v) is 6.51. The van der Waals surface area contributed by atoms with Gasteiger partial charge in [0.2, 0.25) is 0 Å². The van der Waals surface area contributed by atoms with Crippen LogP contribution >= 0.6 is 11.3 Å². The van der Waals surface area contributed by atoms with Crippen molar-refractivity contribution in [3.63, 3.8) is 0 Å². The van der Waals surface area contributed by atoms with Gasteiger partial charge in [-0.2, -0.15) is 0 Å². The van der Waals surface area contributed by atoms with E-state index >= 15 is 0 Å². The Morgan fingerprint density at radius 2 is 2.24 bits per heavy atom. The number of thiophene rings is 1. The molecule has 1 N–H and O–H groups in total. The normalized spacial score (nSPS) is 14.8. The molecule has 0 bridgehead atoms. The Kier molecular flexibility index (Phi) is 3.31. The van der Waals surface area contributed by atoms with E-state index in [0.717, 1.165) is 28.3 Å². The molecule has 0 saturated carbocycles. The number of nitrogens with one attached hydrogen (secondary N) is 1. The van der Waals surface area contributed by atoms with Gasteiger partial charge in [0.05, 0.1) is 5.39 Å². The Hall–Kier alpha value is -1.20. The van der Waals surface area contributed by atoms with Crippen molar-refractivity contribution >= 4 is 27.4 Å². The fraction of sp³-hybridized carbons (Fsp3) is 0.500. The summed E-state index contributed by atoms with van der Waals surface area (Å²) in [7, 11) is 3.57. The molecule has 17 heavy (non-hydrogen) atoms. The molecule has 92 valence electrons. The second-order valence-corrected chi connectivity index (χ2v) is 4.97. The van der Waals surface area contributed by atoms with Gasteiger partial charge in [0.25, 0.3) is 0 Å². The van der Waals surface area contributed by atoms with Gasteiger partial charge in [-0.1, -0.05) is 6.92 Å². The van der Waals surface area contributed by atoms with Crippen LogP contribution in [0.3, 0.4) is 0 Å². The van der Waals surface area contributed by atoms with E-state index in [0.29, 0.717) is 0 Å². The van der Waals surface area contributed by atoms with Crippen molar-refractivity contribution in [3.8, 4) is 0 Å². The molecule has 1 atom stereocenters. The van der Waals surface area contributed by atoms with E-state index in [1.165, 1.54) is 0 Å². The lowest BCUT2D eigenvalue weighted by Crippen LogP contribution is -2.26. The van der Waals surface area contributed by atoms with Crippen LogP contribution in [-0.4, -0.2) is 24.1 Å². The third-order valence-electron chi connectivity index (χ3n) is 3.16. The maximum absolute atomic E-state index is 5.55. The van der Waals surface area contributed by atoms with Crippen LogP contribution in [0.4, 0.5) is 5.82 Å². The van der Waals surface area contributed by atoms with E-state index in [-0.39, 0.29) is 0 Å². The lowest BCUT2D eigenvalue weighted by Gasteiger charge is -2.25. The Labute approximate surface area is 105 Å². The zero-order valence-electron chi connectivity index (χ0n) is 10.6. The van der Waals surface area contributed by atoms with Gasteiger partial charge in [0, 0.05) is 14.2 Å². The standard InChI is InChI=1S/C12H17N3OS/c1-5-12(2,16-4)11-14-9(13-3)8-6-7-17-10(8)15-11/h6-7H,5H2,1-4H3,(H,13,14,15). The van der Waals surface area contributed by atoms with Crippen LogP contribution in [0.25, 0.3) is 10.2 Å². The molecule has 0 fully saturated rings. The molecular formula is C12H17N3OS. The average molecular weight is 251 g/mol. The third kappa shape index (κ3) is 2.00. The molecule has 0 aliphatic heterocycles. The van der Waals surface area contributed by atoms with Crippen molar-refractivity contribution < 1.29 is 4.74 Å². The number of hydrogen-bond donors (Lipinski definition) is 1. The molecule has 0 amide bonds. The number of rotatable bonds is 4. The van der Waals surface area contributed by atoms with Gasteiger partial charge in [-0.05, 0) is 24.8 Å². The van der Waals surface area contributed by atoms with Gasteiger partial charge < -0.3 is 10.1 Å². The Balaban J connectivity index is 2.62. The predicted molar refractivity (Wildman–Crippen MR) is 71.6 cm³/mol. The van der Waals surface area contributed by atoms with Crippen LogP contribution in [-0.2, 0) is 10.3 Å². The summed E-state index contributed by atoms with van der Waals surface area (Å²) in [5, 5.41) is 6.21. The number of anilines is 1. The predicted octanol–water partition coefficient (Wildman–Crippen LogP) is 3.00. The van der Waals surface area contributed by atoms with E-state index in [2.05, 4.69) is 22.2 Å². The first-order chi connectivity index (χ1) is 8.14. The molecular weight excluding hydrogens is 234 g/mol. The lowest BCUT2D eigenvalue weighted by atomic mass is 10.0. The molecule has 0 radical (unpaired) electrons. The highest BCUT2D eigenvalue weighted by Gasteiger charge is 2.28. The van der Waals surface area contributed by atoms with Crippen LogP contribution in [0.1, 0.15) is 26.1 Å². The van der Waals surface area contributed by atoms with Crippen molar-refractivity contribution in [2.24, 2.45) is 0 Å². The monoisotopic (exact) mass is 251 g/mol. The van der Waals surface area contributed by atoms with Gasteiger partial charge in [-0.25, -0.2) is 9.97 Å². The van der Waals surface area contributed by atoms with E-state index in [1.54, 1.807) is 18.4 Å². The van der Waals surface area contributed by atoms with Crippen LogP contribution in [0, 0.1) is 0 Å². The lowest BCUT2D eigenvalue weighted by molar-refractivity contribution is -0.00854. The third-order valence-corrected chi connectivity index (χ3v) is 3.97. The van der Waals surface area contributed by atoms with Crippen molar-refractivity contribution in [1.82, 2.24) is 9.97 Å². The zero-order valence-corrected chi connectivity index (χ0v) is 11.4. The number of aromatic nitrogens is 2. The molecule has 0 spiro atoms. The van der Waals surface area contributed by atoms with E-state index < -0.39 is 5.60 Å². The molecule has 1 unspecified atom stereocenters. The maximum atomic E-state index is 5.55. The summed E-state index contributed by atoms with van der Waals surface area (Å²) >= 11 is 1.62. The van der Waals surface area contributed by atoms with Crippen molar-refractivity contribution in [1.29, 1.82) is 0 Å². The summed E-state index contributed by atoms with van der Waals surface area (Å²) < 4.78 is 5.55. The van der Waals surface area contributed by atoms with E-state index in [4.69, 9.17) is 4.74 Å². The topological polar surface area (TPSA) is 47.0 Å². The number of fused-ring (bicyclic) bond motifs is 1. The van der Waals surface area contributed by atoms with Gasteiger partial charge in [-0.15, -0.1) is 11.3 Å². The number of hydrogen-bond acceptors (Lipinski definition) is 5. The van der Waals surface area contributed by atoms with E-state index in [1.807, 2.05) is 25.4 Å². The summed E-state index contributed by atoms with van der Waals surface area (Å²) in [5.41, 5.74) is -0.427. The first kappa shape index (κ1) is 12.3. The number of methoxy groups -OCH3 is 1. The van der Waals surface area contributed by atoms with Crippen LogP contribution in [0.2, 0.25) is 0 Å². The molecule has 2 rings (SSSR count). The minimum Gasteiger partial charge on any atom is -0.372 e. The van der Waals surface area contributed by atoms with Crippen LogP contribution in [0.15, 0.2) is 11.4 Å². The average Bonchev–Trinajstić information content (AvgIpc) is 2.84. The molecule has 5 heteroatoms. The zero-order chi connectivity index (χ0) is 12.5. The van der Waals surface area contributed by atoms with Gasteiger partial charge in [-0.3, -0.25) is 0 Å². The quantitative estimate of drug-likeness (QED) is 0.907. The fourth-order valence-corrected chi connectivity index (χ4v) is 2.44. The van der Waals surface area contributed by atoms with Crippen LogP contribution in [0.5, 0.6) is 0 Å². The van der Waals surface area contributed by atoms with Crippen molar-refractivity contribution in [2.45, 2.75) is 25.9 Å². The molecule has 0 aliphatic rings. The summed E-state index contributed by atoms with van der Waals surface area (Å²) in [6.45, 7) is 4.09. The molecule has 2 aromatic rings. The summed E-state index contributed by atoms with van der Waals surface area (Å²) in [6.07, 6.45) is 0.837. The SMILES string of the molecule is CCC(C)(OC)c1nc(NC)c2ccsc2n1. The highest BCUT2D eigenvalue weighted by molar-refractivity contribution is 7.16. The summed E-state index contributed by atoms with van der Waals surface area (Å²) in [6, 6.07) is 2.03. The largest absolute Gasteiger partial charge is 0.372 e. The van der Waals surface area contributed by atoms with Gasteiger partial charge >= 0.3 is 0 Å². The molecule has 4 nitrogen and oxygen atoms in total. The first-order valence-electron chi connectivity index (χ1n) is 5.63. The molecule has 2 aromatic heterocycles. The molecule has 2 heterocycles. The Morgan fingerprint density at radius 1 is 1.47 bits per heavy atom. The maximum Gasteiger partial charge on any atom is 0.163 e. The van der Waals surface area contributed by atoms with Crippen LogP contribution < -0.4 is 5.32 Å². The number of nitrogens with zero attached hydrogens (tertiary/aromatic N) is 2. The van der Waals surface area contributed by atoms with Crippen molar-refractivity contribution in [3.05, 3.63) is 17.3 Å².